The third kappa shape index (κ3) is 4.21. The number of benzene rings is 1. The minimum absolute atomic E-state index is 0.178. The predicted octanol–water partition coefficient (Wildman–Crippen LogP) is 3.04. The molecule has 0 spiro atoms. The van der Waals surface area contributed by atoms with E-state index in [1.807, 2.05) is 24.3 Å². The van der Waals surface area contributed by atoms with E-state index in [9.17, 15) is 0 Å². The van der Waals surface area contributed by atoms with Crippen LogP contribution in [-0.4, -0.2) is 17.0 Å². The fraction of sp³-hybridized carbons (Fsp3) is 0.364. The molecule has 0 radical (unpaired) electrons. The summed E-state index contributed by atoms with van der Waals surface area (Å²) in [6.07, 6.45) is 1.43. The topological polar surface area (TPSA) is 41.8 Å². The summed E-state index contributed by atoms with van der Waals surface area (Å²) < 4.78 is 5.43. The van der Waals surface area contributed by atoms with Gasteiger partial charge in [-0.2, -0.15) is 0 Å². The summed E-state index contributed by atoms with van der Waals surface area (Å²) in [4.78, 5) is 0. The Morgan fingerprint density at radius 1 is 1.40 bits per heavy atom. The first-order valence-electron chi connectivity index (χ1n) is 4.84. The average molecular weight is 228 g/mol. The predicted molar refractivity (Wildman–Crippen MR) is 61.0 cm³/mol. The van der Waals surface area contributed by atoms with Gasteiger partial charge in [-0.05, 0) is 24.1 Å². The number of ether oxygens (including phenoxy) is 1. The first-order chi connectivity index (χ1) is 7.26. The van der Waals surface area contributed by atoms with Crippen LogP contribution >= 0.6 is 11.6 Å². The smallest absolute Gasteiger partial charge is 0.149 e. The van der Waals surface area contributed by atoms with Gasteiger partial charge in [0.15, 0.2) is 0 Å². The van der Waals surface area contributed by atoms with Crippen molar-refractivity contribution in [2.45, 2.75) is 19.8 Å². The molecule has 1 N–H and O–H groups in total. The van der Waals surface area contributed by atoms with E-state index < -0.39 is 0 Å². The van der Waals surface area contributed by atoms with Crippen molar-refractivity contribution in [2.75, 3.05) is 6.61 Å². The molecule has 0 aliphatic heterocycles. The quantitative estimate of drug-likeness (QED) is 0.477. The molecule has 82 valence electrons. The second-order valence-corrected chi connectivity index (χ2v) is 3.58. The normalized spacial score (nSPS) is 11.5. The number of hydrogen-bond acceptors (Lipinski definition) is 3. The van der Waals surface area contributed by atoms with E-state index in [4.69, 9.17) is 21.5 Å². The van der Waals surface area contributed by atoms with Gasteiger partial charge in [0.05, 0.1) is 6.61 Å². The van der Waals surface area contributed by atoms with E-state index in [0.717, 1.165) is 24.3 Å². The van der Waals surface area contributed by atoms with Gasteiger partial charge >= 0.3 is 0 Å². The second-order valence-electron chi connectivity index (χ2n) is 3.15. The maximum atomic E-state index is 8.40. The van der Waals surface area contributed by atoms with Crippen LogP contribution in [0.5, 0.6) is 5.75 Å². The van der Waals surface area contributed by atoms with Crippen LogP contribution in [0, 0.1) is 0 Å². The molecule has 0 aliphatic carbocycles. The molecule has 15 heavy (non-hydrogen) atoms. The number of halogens is 1. The highest BCUT2D eigenvalue weighted by Crippen LogP contribution is 2.13. The van der Waals surface area contributed by atoms with Gasteiger partial charge in [-0.1, -0.05) is 35.8 Å². The van der Waals surface area contributed by atoms with Crippen LogP contribution in [0.2, 0.25) is 0 Å². The van der Waals surface area contributed by atoms with Crippen molar-refractivity contribution in [3.05, 3.63) is 29.8 Å². The van der Waals surface area contributed by atoms with Gasteiger partial charge in [-0.15, -0.1) is 0 Å². The summed E-state index contributed by atoms with van der Waals surface area (Å²) in [5.41, 5.74) is 0.988. The van der Waals surface area contributed by atoms with E-state index in [2.05, 4.69) is 12.1 Å². The summed E-state index contributed by atoms with van der Waals surface area (Å²) in [7, 11) is 0. The Bertz CT molecular complexity index is 322. The van der Waals surface area contributed by atoms with Gasteiger partial charge in [0.2, 0.25) is 0 Å². The molecule has 3 nitrogen and oxygen atoms in total. The highest BCUT2D eigenvalue weighted by molar-refractivity contribution is 6.65. The largest absolute Gasteiger partial charge is 0.494 e. The maximum Gasteiger partial charge on any atom is 0.149 e. The van der Waals surface area contributed by atoms with Crippen molar-refractivity contribution in [3.8, 4) is 5.75 Å². The molecule has 1 aromatic carbocycles. The molecular formula is C11H14ClNO2. The van der Waals surface area contributed by atoms with Crippen molar-refractivity contribution in [1.82, 2.24) is 0 Å². The van der Waals surface area contributed by atoms with Crippen LogP contribution in [-0.2, 0) is 6.42 Å². The molecule has 0 saturated heterocycles. The number of nitrogens with zero attached hydrogens (tertiary/aromatic N) is 1. The molecular weight excluding hydrogens is 214 g/mol. The first-order valence-corrected chi connectivity index (χ1v) is 5.22. The van der Waals surface area contributed by atoms with Crippen molar-refractivity contribution in [1.29, 1.82) is 0 Å². The van der Waals surface area contributed by atoms with Crippen molar-refractivity contribution in [2.24, 2.45) is 5.16 Å². The number of hydrogen-bond donors (Lipinski definition) is 1. The lowest BCUT2D eigenvalue weighted by molar-refractivity contribution is 0.317. The summed E-state index contributed by atoms with van der Waals surface area (Å²) in [5, 5.41) is 11.5. The van der Waals surface area contributed by atoms with Gasteiger partial charge < -0.3 is 9.94 Å². The molecule has 0 unspecified atom stereocenters. The van der Waals surface area contributed by atoms with Gasteiger partial charge in [0, 0.05) is 6.42 Å². The fourth-order valence-corrected chi connectivity index (χ4v) is 1.28. The van der Waals surface area contributed by atoms with E-state index in [1.165, 1.54) is 0 Å². The van der Waals surface area contributed by atoms with Crippen LogP contribution in [0.15, 0.2) is 29.4 Å². The Balaban J connectivity index is 2.56. The van der Waals surface area contributed by atoms with Gasteiger partial charge in [0.25, 0.3) is 0 Å². The highest BCUT2D eigenvalue weighted by Gasteiger charge is 1.99. The van der Waals surface area contributed by atoms with Crippen molar-refractivity contribution in [3.63, 3.8) is 0 Å². The maximum absolute atomic E-state index is 8.40. The Kier molecular flexibility index (Phi) is 4.98. The van der Waals surface area contributed by atoms with Crippen molar-refractivity contribution >= 4 is 16.8 Å². The molecule has 1 aromatic rings. The molecule has 0 atom stereocenters. The molecule has 0 bridgehead atoms. The van der Waals surface area contributed by atoms with Gasteiger partial charge in [-0.3, -0.25) is 0 Å². The van der Waals surface area contributed by atoms with E-state index in [1.54, 1.807) is 0 Å². The zero-order valence-electron chi connectivity index (χ0n) is 8.61. The number of oxime groups is 1. The molecule has 0 aliphatic rings. The highest BCUT2D eigenvalue weighted by atomic mass is 35.5. The van der Waals surface area contributed by atoms with Gasteiger partial charge in [0.1, 0.15) is 10.9 Å². The third-order valence-corrected chi connectivity index (χ3v) is 2.06. The molecule has 0 fully saturated rings. The second kappa shape index (κ2) is 6.30. The van der Waals surface area contributed by atoms with E-state index in [-0.39, 0.29) is 5.17 Å². The Labute approximate surface area is 94.3 Å². The van der Waals surface area contributed by atoms with Crippen LogP contribution < -0.4 is 4.74 Å². The minimum atomic E-state index is 0.178. The Hall–Kier alpha value is -1.22. The minimum Gasteiger partial charge on any atom is -0.494 e. The van der Waals surface area contributed by atoms with Crippen LogP contribution in [0.1, 0.15) is 18.9 Å². The van der Waals surface area contributed by atoms with E-state index in [0.29, 0.717) is 6.42 Å². The SMILES string of the molecule is CCCOc1ccc(C/C(Cl)=N/O)cc1. The Morgan fingerprint density at radius 2 is 2.07 bits per heavy atom. The molecule has 4 heteroatoms. The fourth-order valence-electron chi connectivity index (χ4n) is 1.13. The van der Waals surface area contributed by atoms with Crippen LogP contribution in [0.25, 0.3) is 0 Å². The van der Waals surface area contributed by atoms with Crippen LogP contribution in [0.4, 0.5) is 0 Å². The zero-order chi connectivity index (χ0) is 11.1. The lowest BCUT2D eigenvalue weighted by Gasteiger charge is -2.05. The lowest BCUT2D eigenvalue weighted by Crippen LogP contribution is -1.97. The average Bonchev–Trinajstić information content (AvgIpc) is 2.28. The van der Waals surface area contributed by atoms with E-state index >= 15 is 0 Å². The first kappa shape index (κ1) is 11.9. The summed E-state index contributed by atoms with van der Waals surface area (Å²) in [5.74, 6) is 0.845. The monoisotopic (exact) mass is 227 g/mol. The van der Waals surface area contributed by atoms with Gasteiger partial charge in [-0.25, -0.2) is 0 Å². The van der Waals surface area contributed by atoms with Crippen LogP contribution in [0.3, 0.4) is 0 Å². The standard InChI is InChI=1S/C11H14ClNO2/c1-2-7-15-10-5-3-9(4-6-10)8-11(12)13-14/h3-6,14H,2,7-8H2,1H3/b13-11-. The third-order valence-electron chi connectivity index (χ3n) is 1.85. The summed E-state index contributed by atoms with van der Waals surface area (Å²) in [6.45, 7) is 2.78. The van der Waals surface area contributed by atoms with Crippen molar-refractivity contribution < 1.29 is 9.94 Å². The molecule has 0 heterocycles. The summed E-state index contributed by atoms with van der Waals surface area (Å²) in [6, 6.07) is 7.57. The molecule has 0 amide bonds. The molecule has 0 saturated carbocycles. The molecule has 1 rings (SSSR count). The zero-order valence-corrected chi connectivity index (χ0v) is 9.37. The summed E-state index contributed by atoms with van der Waals surface area (Å²) >= 11 is 5.59. The Morgan fingerprint density at radius 3 is 2.60 bits per heavy atom. The number of rotatable bonds is 5. The lowest BCUT2D eigenvalue weighted by atomic mass is 10.1. The molecule has 0 aromatic heterocycles.